The second kappa shape index (κ2) is 5.81. The summed E-state index contributed by atoms with van der Waals surface area (Å²) in [6, 6.07) is 23.8. The number of nitrogens with two attached hydrogens (primary N) is 1. The standard InChI is InChI=1S/C19H17NO/c20-13-14-4-3-5-16(12-14)19-7-2-1-6-18(19)15-8-10-17(21)11-9-15/h1-12,21H,13,20H2. The van der Waals surface area contributed by atoms with Crippen molar-refractivity contribution in [2.24, 2.45) is 5.73 Å². The fourth-order valence-electron chi connectivity index (χ4n) is 2.49. The smallest absolute Gasteiger partial charge is 0.115 e. The maximum atomic E-state index is 9.44. The first-order chi connectivity index (χ1) is 10.3. The molecule has 104 valence electrons. The molecular weight excluding hydrogens is 258 g/mol. The Balaban J connectivity index is 2.13. The molecular formula is C19H17NO. The van der Waals surface area contributed by atoms with E-state index in [1.54, 1.807) is 12.1 Å². The molecule has 3 N–H and O–H groups in total. The molecule has 0 spiro atoms. The normalized spacial score (nSPS) is 10.5. The van der Waals surface area contributed by atoms with E-state index in [1.165, 1.54) is 5.56 Å². The molecule has 21 heavy (non-hydrogen) atoms. The first kappa shape index (κ1) is 13.4. The molecule has 0 unspecified atom stereocenters. The molecule has 3 aromatic rings. The maximum absolute atomic E-state index is 9.44. The van der Waals surface area contributed by atoms with Crippen LogP contribution in [0.2, 0.25) is 0 Å². The first-order valence-corrected chi connectivity index (χ1v) is 6.96. The molecule has 3 rings (SSSR count). The fourth-order valence-corrected chi connectivity index (χ4v) is 2.49. The Hall–Kier alpha value is -2.58. The Morgan fingerprint density at radius 2 is 1.38 bits per heavy atom. The van der Waals surface area contributed by atoms with Crippen LogP contribution in [0.1, 0.15) is 5.56 Å². The summed E-state index contributed by atoms with van der Waals surface area (Å²) in [4.78, 5) is 0. The Morgan fingerprint density at radius 1 is 0.714 bits per heavy atom. The van der Waals surface area contributed by atoms with Gasteiger partial charge in [0, 0.05) is 6.54 Å². The summed E-state index contributed by atoms with van der Waals surface area (Å²) in [5, 5.41) is 9.44. The van der Waals surface area contributed by atoms with Crippen LogP contribution in [0.5, 0.6) is 5.75 Å². The van der Waals surface area contributed by atoms with Crippen molar-refractivity contribution >= 4 is 0 Å². The van der Waals surface area contributed by atoms with Crippen LogP contribution >= 0.6 is 0 Å². The van der Waals surface area contributed by atoms with Gasteiger partial charge in [0.1, 0.15) is 5.75 Å². The van der Waals surface area contributed by atoms with Crippen LogP contribution in [0.3, 0.4) is 0 Å². The zero-order valence-corrected chi connectivity index (χ0v) is 11.7. The van der Waals surface area contributed by atoms with Gasteiger partial charge in [-0.2, -0.15) is 0 Å². The number of hydrogen-bond acceptors (Lipinski definition) is 2. The van der Waals surface area contributed by atoms with Crippen molar-refractivity contribution in [3.8, 4) is 28.0 Å². The van der Waals surface area contributed by atoms with E-state index < -0.39 is 0 Å². The monoisotopic (exact) mass is 275 g/mol. The molecule has 0 aliphatic heterocycles. The van der Waals surface area contributed by atoms with Crippen LogP contribution in [0.25, 0.3) is 22.3 Å². The van der Waals surface area contributed by atoms with Gasteiger partial charge in [-0.25, -0.2) is 0 Å². The van der Waals surface area contributed by atoms with Gasteiger partial charge in [0.25, 0.3) is 0 Å². The average molecular weight is 275 g/mol. The number of phenols is 1. The van der Waals surface area contributed by atoms with Crippen molar-refractivity contribution < 1.29 is 5.11 Å². The third kappa shape index (κ3) is 2.81. The van der Waals surface area contributed by atoms with Gasteiger partial charge in [0.05, 0.1) is 0 Å². The van der Waals surface area contributed by atoms with Gasteiger partial charge in [-0.05, 0) is 46.0 Å². The summed E-state index contributed by atoms with van der Waals surface area (Å²) in [7, 11) is 0. The highest BCUT2D eigenvalue weighted by molar-refractivity contribution is 5.83. The maximum Gasteiger partial charge on any atom is 0.115 e. The Kier molecular flexibility index (Phi) is 3.71. The second-order valence-corrected chi connectivity index (χ2v) is 5.00. The summed E-state index contributed by atoms with van der Waals surface area (Å²) < 4.78 is 0. The Labute approximate surface area is 124 Å². The third-order valence-electron chi connectivity index (χ3n) is 3.58. The largest absolute Gasteiger partial charge is 0.508 e. The highest BCUT2D eigenvalue weighted by Crippen LogP contribution is 2.32. The Bertz CT molecular complexity index is 748. The van der Waals surface area contributed by atoms with E-state index in [2.05, 4.69) is 24.3 Å². The fraction of sp³-hybridized carbons (Fsp3) is 0.0526. The highest BCUT2D eigenvalue weighted by Gasteiger charge is 2.07. The van der Waals surface area contributed by atoms with Gasteiger partial charge in [0.15, 0.2) is 0 Å². The lowest BCUT2D eigenvalue weighted by Gasteiger charge is -2.11. The molecule has 0 atom stereocenters. The zero-order chi connectivity index (χ0) is 14.7. The first-order valence-electron chi connectivity index (χ1n) is 6.96. The van der Waals surface area contributed by atoms with Crippen LogP contribution in [0.4, 0.5) is 0 Å². The van der Waals surface area contributed by atoms with E-state index >= 15 is 0 Å². The molecule has 0 bridgehead atoms. The summed E-state index contributed by atoms with van der Waals surface area (Å²) in [5.41, 5.74) is 11.4. The zero-order valence-electron chi connectivity index (χ0n) is 11.7. The molecule has 0 saturated carbocycles. The van der Waals surface area contributed by atoms with Gasteiger partial charge < -0.3 is 10.8 Å². The molecule has 0 amide bonds. The predicted octanol–water partition coefficient (Wildman–Crippen LogP) is 4.18. The minimum absolute atomic E-state index is 0.279. The van der Waals surface area contributed by atoms with Crippen LogP contribution < -0.4 is 5.73 Å². The molecule has 2 heteroatoms. The van der Waals surface area contributed by atoms with E-state index in [4.69, 9.17) is 5.73 Å². The van der Waals surface area contributed by atoms with E-state index in [0.717, 1.165) is 22.3 Å². The van der Waals surface area contributed by atoms with Crippen molar-refractivity contribution in [1.82, 2.24) is 0 Å². The lowest BCUT2D eigenvalue weighted by atomic mass is 9.94. The molecule has 0 fully saturated rings. The van der Waals surface area contributed by atoms with Gasteiger partial charge in [-0.15, -0.1) is 0 Å². The molecule has 0 heterocycles. The van der Waals surface area contributed by atoms with Crippen LogP contribution in [0, 0.1) is 0 Å². The number of aromatic hydroxyl groups is 1. The van der Waals surface area contributed by atoms with Crippen molar-refractivity contribution in [3.63, 3.8) is 0 Å². The predicted molar refractivity (Wildman–Crippen MR) is 86.9 cm³/mol. The summed E-state index contributed by atoms with van der Waals surface area (Å²) in [5.74, 6) is 0.279. The number of benzene rings is 3. The molecule has 0 radical (unpaired) electrons. The van der Waals surface area contributed by atoms with Crippen molar-refractivity contribution in [1.29, 1.82) is 0 Å². The van der Waals surface area contributed by atoms with Crippen LogP contribution in [0.15, 0.2) is 72.8 Å². The van der Waals surface area contributed by atoms with Crippen molar-refractivity contribution in [2.45, 2.75) is 6.54 Å². The summed E-state index contributed by atoms with van der Waals surface area (Å²) in [6.45, 7) is 0.537. The van der Waals surface area contributed by atoms with E-state index in [0.29, 0.717) is 6.54 Å². The minimum atomic E-state index is 0.279. The topological polar surface area (TPSA) is 46.2 Å². The molecule has 3 aromatic carbocycles. The van der Waals surface area contributed by atoms with E-state index in [1.807, 2.05) is 36.4 Å². The minimum Gasteiger partial charge on any atom is -0.508 e. The quantitative estimate of drug-likeness (QED) is 0.753. The molecule has 0 aliphatic carbocycles. The molecule has 0 aromatic heterocycles. The van der Waals surface area contributed by atoms with E-state index in [-0.39, 0.29) is 5.75 Å². The third-order valence-corrected chi connectivity index (χ3v) is 3.58. The molecule has 0 aliphatic rings. The number of hydrogen-bond donors (Lipinski definition) is 2. The summed E-state index contributed by atoms with van der Waals surface area (Å²) >= 11 is 0. The summed E-state index contributed by atoms with van der Waals surface area (Å²) in [6.07, 6.45) is 0. The molecule has 2 nitrogen and oxygen atoms in total. The van der Waals surface area contributed by atoms with Gasteiger partial charge in [0.2, 0.25) is 0 Å². The van der Waals surface area contributed by atoms with Crippen LogP contribution in [-0.4, -0.2) is 5.11 Å². The molecule has 0 saturated heterocycles. The lowest BCUT2D eigenvalue weighted by molar-refractivity contribution is 0.475. The number of rotatable bonds is 3. The SMILES string of the molecule is NCc1cccc(-c2ccccc2-c2ccc(O)cc2)c1. The Morgan fingerprint density at radius 3 is 2.05 bits per heavy atom. The van der Waals surface area contributed by atoms with Gasteiger partial charge >= 0.3 is 0 Å². The van der Waals surface area contributed by atoms with Gasteiger partial charge in [-0.3, -0.25) is 0 Å². The van der Waals surface area contributed by atoms with Crippen LogP contribution in [-0.2, 0) is 6.54 Å². The highest BCUT2D eigenvalue weighted by atomic mass is 16.3. The van der Waals surface area contributed by atoms with Crippen molar-refractivity contribution in [3.05, 3.63) is 78.4 Å². The second-order valence-electron chi connectivity index (χ2n) is 5.00. The van der Waals surface area contributed by atoms with Gasteiger partial charge in [-0.1, -0.05) is 54.6 Å². The van der Waals surface area contributed by atoms with Crippen molar-refractivity contribution in [2.75, 3.05) is 0 Å². The lowest BCUT2D eigenvalue weighted by Crippen LogP contribution is -1.96. The number of phenolic OH excluding ortho intramolecular Hbond substituents is 1. The van der Waals surface area contributed by atoms with E-state index in [9.17, 15) is 5.11 Å². The average Bonchev–Trinajstić information content (AvgIpc) is 2.56.